The van der Waals surface area contributed by atoms with Gasteiger partial charge in [-0.3, -0.25) is 0 Å². The minimum Gasteiger partial charge on any atom is -0.329 e. The van der Waals surface area contributed by atoms with Crippen molar-refractivity contribution in [3.63, 3.8) is 0 Å². The zero-order valence-electron chi connectivity index (χ0n) is 4.65. The van der Waals surface area contributed by atoms with Crippen LogP contribution >= 0.6 is 0 Å². The summed E-state index contributed by atoms with van der Waals surface area (Å²) in [5.41, 5.74) is 5.54. The van der Waals surface area contributed by atoms with E-state index in [9.17, 15) is 0 Å². The van der Waals surface area contributed by atoms with Crippen molar-refractivity contribution in [2.24, 2.45) is 5.73 Å². The topological polar surface area (TPSA) is 26.0 Å². The first-order valence-corrected chi connectivity index (χ1v) is 3.15. The molecule has 0 aromatic carbocycles. The van der Waals surface area contributed by atoms with Crippen molar-refractivity contribution in [1.82, 2.24) is 0 Å². The molecule has 6 heavy (non-hydrogen) atoms. The van der Waals surface area contributed by atoms with E-state index in [1.807, 2.05) is 20.3 Å². The average molecular weight is 102 g/mol. The van der Waals surface area contributed by atoms with E-state index in [0.717, 1.165) is 10.2 Å². The maximum atomic E-state index is 5.54. The van der Waals surface area contributed by atoms with Gasteiger partial charge in [-0.2, -0.15) is 0 Å². The fraction of sp³-hybridized carbons (Fsp3) is 0.750. The molecule has 1 radical (unpaired) electrons. The van der Waals surface area contributed by atoms with Gasteiger partial charge in [-0.15, -0.1) is 0 Å². The molecule has 0 heterocycles. The average Bonchev–Trinajstić information content (AvgIpc) is 1.35. The first-order chi connectivity index (χ1) is 2.56. The van der Waals surface area contributed by atoms with E-state index in [4.69, 9.17) is 5.73 Å². The lowest BCUT2D eigenvalue weighted by Gasteiger charge is -2.12. The molecule has 0 aromatic heterocycles. The Morgan fingerprint density at radius 2 is 2.00 bits per heavy atom. The zero-order chi connectivity index (χ0) is 5.21. The summed E-state index contributed by atoms with van der Waals surface area (Å²) in [6.45, 7) is 4.02. The predicted molar refractivity (Wildman–Crippen MR) is 32.5 cm³/mol. The Morgan fingerprint density at radius 3 is 2.00 bits per heavy atom. The molecule has 0 saturated carbocycles. The van der Waals surface area contributed by atoms with Gasteiger partial charge in [-0.25, -0.2) is 0 Å². The van der Waals surface area contributed by atoms with Crippen LogP contribution < -0.4 is 5.73 Å². The molecule has 0 aliphatic carbocycles. The van der Waals surface area contributed by atoms with Gasteiger partial charge in [0.15, 0.2) is 0 Å². The Bertz CT molecular complexity index is 37.3. The van der Waals surface area contributed by atoms with Gasteiger partial charge in [0.05, 0.1) is 0 Å². The number of nitrogens with two attached hydrogens (primary N) is 1. The summed E-state index contributed by atoms with van der Waals surface area (Å²) in [4.78, 5) is 0. The molecule has 37 valence electrons. The first kappa shape index (κ1) is 6.18. The lowest BCUT2D eigenvalue weighted by atomic mass is 10.3. The molecule has 0 fully saturated rings. The molecule has 0 aliphatic heterocycles. The number of rotatable bonds is 1. The second kappa shape index (κ2) is 1.75. The van der Waals surface area contributed by atoms with Crippen molar-refractivity contribution in [2.45, 2.75) is 19.0 Å². The van der Waals surface area contributed by atoms with Crippen LogP contribution in [0.5, 0.6) is 0 Å². The van der Waals surface area contributed by atoms with E-state index in [1.165, 1.54) is 0 Å². The summed E-state index contributed by atoms with van der Waals surface area (Å²) in [7, 11) is 1.05. The van der Waals surface area contributed by atoms with Gasteiger partial charge in [0.1, 0.15) is 0 Å². The largest absolute Gasteiger partial charge is 0.329 e. The molecule has 1 atom stereocenters. The van der Waals surface area contributed by atoms with Crippen LogP contribution in [0.4, 0.5) is 0 Å². The van der Waals surface area contributed by atoms with Crippen LogP contribution in [0.15, 0.2) is 0 Å². The van der Waals surface area contributed by atoms with Crippen molar-refractivity contribution < 1.29 is 0 Å². The van der Waals surface area contributed by atoms with Gasteiger partial charge in [-0.05, 0) is 11.6 Å². The Kier molecular flexibility index (Phi) is 1.81. The molecular weight excluding hydrogens is 90.1 g/mol. The molecular formula is C4H12NSi. The summed E-state index contributed by atoms with van der Waals surface area (Å²) in [5, 5.41) is 0.0556. The van der Waals surface area contributed by atoms with Crippen LogP contribution in [0.2, 0.25) is 0 Å². The highest BCUT2D eigenvalue weighted by Crippen LogP contribution is 1.92. The van der Waals surface area contributed by atoms with E-state index < -0.39 is 0 Å². The highest BCUT2D eigenvalue weighted by molar-refractivity contribution is 6.15. The lowest BCUT2D eigenvalue weighted by Crippen LogP contribution is -2.35. The molecule has 0 spiro atoms. The Morgan fingerprint density at radius 1 is 1.83 bits per heavy atom. The van der Waals surface area contributed by atoms with Crippen LogP contribution in [-0.2, 0) is 0 Å². The highest BCUT2D eigenvalue weighted by atomic mass is 28.1. The first-order valence-electron chi connectivity index (χ1n) is 2.15. The Hall–Kier alpha value is 0.177. The molecule has 1 nitrogen and oxygen atoms in total. The van der Waals surface area contributed by atoms with Gasteiger partial charge in [0.25, 0.3) is 0 Å². The van der Waals surface area contributed by atoms with E-state index in [0.29, 0.717) is 0 Å². The quantitative estimate of drug-likeness (QED) is 0.433. The van der Waals surface area contributed by atoms with E-state index in [2.05, 4.69) is 0 Å². The molecule has 1 unspecified atom stereocenters. The molecule has 2 heteroatoms. The highest BCUT2D eigenvalue weighted by Gasteiger charge is 2.03. The third-order valence-electron chi connectivity index (χ3n) is 0.744. The van der Waals surface area contributed by atoms with E-state index in [-0.39, 0.29) is 5.16 Å². The summed E-state index contributed by atoms with van der Waals surface area (Å²) in [6.07, 6.45) is 2.03. The maximum absolute atomic E-state index is 5.54. The second-order valence-electron chi connectivity index (χ2n) is 2.11. The van der Waals surface area contributed by atoms with Crippen LogP contribution in [-0.4, -0.2) is 15.4 Å². The summed E-state index contributed by atoms with van der Waals surface area (Å²) in [5.74, 6) is 0. The molecule has 0 amide bonds. The molecule has 0 aliphatic rings. The molecule has 0 saturated heterocycles. The molecule has 0 bridgehead atoms. The van der Waals surface area contributed by atoms with Crippen molar-refractivity contribution in [2.75, 3.05) is 0 Å². The number of hydrogen-bond acceptors (Lipinski definition) is 1. The fourth-order valence-electron chi connectivity index (χ4n) is 0. The normalized spacial score (nSPS) is 20.5. The van der Waals surface area contributed by atoms with Crippen molar-refractivity contribution in [1.29, 1.82) is 0 Å². The maximum Gasteiger partial charge on any atom is 0.0278 e. The van der Waals surface area contributed by atoms with E-state index >= 15 is 0 Å². The summed E-state index contributed by atoms with van der Waals surface area (Å²) < 4.78 is 0. The zero-order valence-corrected chi connectivity index (χ0v) is 6.65. The predicted octanol–water partition coefficient (Wildman–Crippen LogP) is -0.749. The third-order valence-corrected chi connectivity index (χ3v) is 1.32. The minimum absolute atomic E-state index is 0.0556. The van der Waals surface area contributed by atoms with Crippen LogP contribution in [0.25, 0.3) is 0 Å². The molecule has 0 rings (SSSR count). The summed E-state index contributed by atoms with van der Waals surface area (Å²) in [6, 6.07) is 0. The Balaban J connectivity index is 3.17. The SMILES string of the molecule is C[CH]C(C)(N)[SiH3]. The lowest BCUT2D eigenvalue weighted by molar-refractivity contribution is 0.765. The summed E-state index contributed by atoms with van der Waals surface area (Å²) >= 11 is 0. The van der Waals surface area contributed by atoms with Crippen LogP contribution in [0.3, 0.4) is 0 Å². The van der Waals surface area contributed by atoms with Crippen LogP contribution in [0.1, 0.15) is 13.8 Å². The van der Waals surface area contributed by atoms with Gasteiger partial charge in [0, 0.05) is 10.2 Å². The smallest absolute Gasteiger partial charge is 0.0278 e. The minimum atomic E-state index is 0.0556. The van der Waals surface area contributed by atoms with Crippen molar-refractivity contribution >= 4 is 10.2 Å². The monoisotopic (exact) mass is 102 g/mol. The third kappa shape index (κ3) is 4.18. The van der Waals surface area contributed by atoms with E-state index in [1.54, 1.807) is 0 Å². The molecule has 0 aromatic rings. The van der Waals surface area contributed by atoms with Gasteiger partial charge < -0.3 is 5.73 Å². The standard InChI is InChI=1S/C4H12NSi/c1-3-4(2,5)6/h3H,5H2,1-2,6H3. The van der Waals surface area contributed by atoms with Gasteiger partial charge in [0.2, 0.25) is 0 Å². The molecule has 2 N–H and O–H groups in total. The van der Waals surface area contributed by atoms with Crippen LogP contribution in [0, 0.1) is 6.42 Å². The number of hydrogen-bond donors (Lipinski definition) is 1. The fourth-order valence-corrected chi connectivity index (χ4v) is 0. The Labute approximate surface area is 42.3 Å². The van der Waals surface area contributed by atoms with Gasteiger partial charge in [-0.1, -0.05) is 13.8 Å². The second-order valence-corrected chi connectivity index (χ2v) is 4.26. The van der Waals surface area contributed by atoms with Crippen molar-refractivity contribution in [3.05, 3.63) is 6.42 Å². The van der Waals surface area contributed by atoms with Gasteiger partial charge >= 0.3 is 0 Å². The van der Waals surface area contributed by atoms with Crippen molar-refractivity contribution in [3.8, 4) is 0 Å².